The molecule has 19 heavy (non-hydrogen) atoms. The van der Waals surface area contributed by atoms with Crippen molar-refractivity contribution < 1.29 is 0 Å². The topological polar surface area (TPSA) is 12.0 Å². The summed E-state index contributed by atoms with van der Waals surface area (Å²) in [6, 6.07) is 13.8. The molecule has 1 unspecified atom stereocenters. The van der Waals surface area contributed by atoms with E-state index in [1.807, 2.05) is 18.4 Å². The Morgan fingerprint density at radius 1 is 1.16 bits per heavy atom. The van der Waals surface area contributed by atoms with Crippen LogP contribution in [0.3, 0.4) is 0 Å². The van der Waals surface area contributed by atoms with Crippen molar-refractivity contribution in [3.05, 3.63) is 57.3 Å². The van der Waals surface area contributed by atoms with Crippen LogP contribution in [0.2, 0.25) is 0 Å². The maximum atomic E-state index is 3.45. The fourth-order valence-electron chi connectivity index (χ4n) is 2.43. The molecule has 1 heterocycles. The molecule has 2 rings (SSSR count). The fraction of sp³-hybridized carbons (Fsp3) is 0.412. The Bertz CT molecular complexity index is 515. The predicted molar refractivity (Wildman–Crippen MR) is 85.0 cm³/mol. The zero-order valence-corrected chi connectivity index (χ0v) is 12.9. The summed E-state index contributed by atoms with van der Waals surface area (Å²) in [5.41, 5.74) is 2.81. The summed E-state index contributed by atoms with van der Waals surface area (Å²) < 4.78 is 0. The van der Waals surface area contributed by atoms with Gasteiger partial charge in [-0.2, -0.15) is 0 Å². The van der Waals surface area contributed by atoms with Gasteiger partial charge in [-0.05, 0) is 43.1 Å². The zero-order chi connectivity index (χ0) is 13.7. The molecule has 0 spiro atoms. The Balaban J connectivity index is 2.28. The van der Waals surface area contributed by atoms with E-state index in [0.29, 0.717) is 6.04 Å². The lowest BCUT2D eigenvalue weighted by Gasteiger charge is -2.16. The van der Waals surface area contributed by atoms with Gasteiger partial charge >= 0.3 is 0 Å². The number of rotatable bonds is 6. The van der Waals surface area contributed by atoms with Crippen molar-refractivity contribution in [1.82, 2.24) is 5.32 Å². The Kier molecular flexibility index (Phi) is 5.17. The second kappa shape index (κ2) is 6.88. The Morgan fingerprint density at radius 3 is 2.63 bits per heavy atom. The molecule has 2 aromatic rings. The van der Waals surface area contributed by atoms with Crippen molar-refractivity contribution in [1.29, 1.82) is 0 Å². The van der Waals surface area contributed by atoms with Crippen LogP contribution >= 0.6 is 11.3 Å². The van der Waals surface area contributed by atoms with Gasteiger partial charge in [0.15, 0.2) is 0 Å². The highest BCUT2D eigenvalue weighted by Gasteiger charge is 2.14. The highest BCUT2D eigenvalue weighted by molar-refractivity contribution is 7.12. The second-order valence-electron chi connectivity index (χ2n) is 4.87. The van der Waals surface area contributed by atoms with Gasteiger partial charge in [-0.15, -0.1) is 11.3 Å². The summed E-state index contributed by atoms with van der Waals surface area (Å²) in [5.74, 6) is 0. The molecule has 102 valence electrons. The van der Waals surface area contributed by atoms with Crippen LogP contribution in [0.25, 0.3) is 0 Å². The lowest BCUT2D eigenvalue weighted by Crippen LogP contribution is -2.16. The highest BCUT2D eigenvalue weighted by atomic mass is 32.1. The molecule has 0 radical (unpaired) electrons. The summed E-state index contributed by atoms with van der Waals surface area (Å²) in [6.07, 6.45) is 3.48. The van der Waals surface area contributed by atoms with E-state index in [2.05, 4.69) is 55.6 Å². The molecule has 1 nitrogen and oxygen atoms in total. The summed E-state index contributed by atoms with van der Waals surface area (Å²) in [7, 11) is 2.04. The summed E-state index contributed by atoms with van der Waals surface area (Å²) in [4.78, 5) is 2.87. The van der Waals surface area contributed by atoms with E-state index in [4.69, 9.17) is 0 Å². The minimum absolute atomic E-state index is 0.321. The smallest absolute Gasteiger partial charge is 0.0668 e. The van der Waals surface area contributed by atoms with Crippen LogP contribution in [0.4, 0.5) is 0 Å². The van der Waals surface area contributed by atoms with E-state index in [1.54, 1.807) is 0 Å². The SMILES string of the molecule is CCCc1cccc(C(NC)c2ccc(CC)s2)c1. The molecule has 0 saturated carbocycles. The van der Waals surface area contributed by atoms with E-state index in [9.17, 15) is 0 Å². The minimum atomic E-state index is 0.321. The van der Waals surface area contributed by atoms with Crippen LogP contribution in [-0.4, -0.2) is 7.05 Å². The molecule has 0 fully saturated rings. The standard InChI is InChI=1S/C17H23NS/c1-4-7-13-8-6-9-14(12-13)17(18-3)16-11-10-15(5-2)19-16/h6,8-12,17-18H,4-5,7H2,1-3H3. The molecule has 1 atom stereocenters. The average Bonchev–Trinajstić information content (AvgIpc) is 2.89. The first-order chi connectivity index (χ1) is 9.28. The van der Waals surface area contributed by atoms with E-state index in [-0.39, 0.29) is 0 Å². The van der Waals surface area contributed by atoms with Crippen LogP contribution in [-0.2, 0) is 12.8 Å². The first kappa shape index (κ1) is 14.3. The third-order valence-corrected chi connectivity index (χ3v) is 4.72. The van der Waals surface area contributed by atoms with Gasteiger partial charge in [-0.3, -0.25) is 0 Å². The molecule has 1 aromatic heterocycles. The maximum absolute atomic E-state index is 3.45. The van der Waals surface area contributed by atoms with Crippen molar-refractivity contribution in [3.63, 3.8) is 0 Å². The molecular weight excluding hydrogens is 250 g/mol. The Labute approximate surface area is 120 Å². The van der Waals surface area contributed by atoms with Crippen molar-refractivity contribution in [2.24, 2.45) is 0 Å². The second-order valence-corrected chi connectivity index (χ2v) is 6.07. The fourth-order valence-corrected chi connectivity index (χ4v) is 3.52. The minimum Gasteiger partial charge on any atom is -0.309 e. The molecule has 0 aliphatic rings. The molecule has 2 heteroatoms. The first-order valence-corrected chi connectivity index (χ1v) is 7.94. The lowest BCUT2D eigenvalue weighted by atomic mass is 10.0. The van der Waals surface area contributed by atoms with Crippen molar-refractivity contribution >= 4 is 11.3 Å². The van der Waals surface area contributed by atoms with Crippen molar-refractivity contribution in [3.8, 4) is 0 Å². The highest BCUT2D eigenvalue weighted by Crippen LogP contribution is 2.29. The molecule has 0 aliphatic carbocycles. The van der Waals surface area contributed by atoms with Gasteiger partial charge in [0.05, 0.1) is 6.04 Å². The molecule has 0 bridgehead atoms. The molecule has 1 aromatic carbocycles. The monoisotopic (exact) mass is 273 g/mol. The largest absolute Gasteiger partial charge is 0.309 e. The number of nitrogens with one attached hydrogen (secondary N) is 1. The zero-order valence-electron chi connectivity index (χ0n) is 12.1. The summed E-state index contributed by atoms with van der Waals surface area (Å²) in [5, 5.41) is 3.45. The van der Waals surface area contributed by atoms with Crippen LogP contribution in [0.5, 0.6) is 0 Å². The molecule has 0 amide bonds. The van der Waals surface area contributed by atoms with Gasteiger partial charge in [0.2, 0.25) is 0 Å². The third kappa shape index (κ3) is 3.46. The number of thiophene rings is 1. The van der Waals surface area contributed by atoms with E-state index in [0.717, 1.165) is 12.8 Å². The maximum Gasteiger partial charge on any atom is 0.0668 e. The number of benzene rings is 1. The number of aryl methyl sites for hydroxylation is 2. The van der Waals surface area contributed by atoms with Crippen LogP contribution in [0, 0.1) is 0 Å². The summed E-state index contributed by atoms with van der Waals surface area (Å²) >= 11 is 1.92. The molecule has 0 aliphatic heterocycles. The molecule has 1 N–H and O–H groups in total. The Morgan fingerprint density at radius 2 is 2.00 bits per heavy atom. The average molecular weight is 273 g/mol. The third-order valence-electron chi connectivity index (χ3n) is 3.43. The normalized spacial score (nSPS) is 12.6. The summed E-state index contributed by atoms with van der Waals surface area (Å²) in [6.45, 7) is 4.45. The lowest BCUT2D eigenvalue weighted by molar-refractivity contribution is 0.702. The Hall–Kier alpha value is -1.12. The van der Waals surface area contributed by atoms with Gasteiger partial charge < -0.3 is 5.32 Å². The molecular formula is C17H23NS. The van der Waals surface area contributed by atoms with E-state index in [1.165, 1.54) is 27.3 Å². The predicted octanol–water partition coefficient (Wildman–Crippen LogP) is 4.57. The van der Waals surface area contributed by atoms with Crippen LogP contribution in [0.1, 0.15) is 47.2 Å². The van der Waals surface area contributed by atoms with E-state index < -0.39 is 0 Å². The van der Waals surface area contributed by atoms with Crippen LogP contribution < -0.4 is 5.32 Å². The number of hydrogen-bond donors (Lipinski definition) is 1. The number of hydrogen-bond acceptors (Lipinski definition) is 2. The van der Waals surface area contributed by atoms with Crippen molar-refractivity contribution in [2.75, 3.05) is 7.05 Å². The van der Waals surface area contributed by atoms with Gasteiger partial charge in [0, 0.05) is 9.75 Å². The van der Waals surface area contributed by atoms with Crippen LogP contribution in [0.15, 0.2) is 36.4 Å². The molecule has 0 saturated heterocycles. The first-order valence-electron chi connectivity index (χ1n) is 7.13. The van der Waals surface area contributed by atoms with E-state index >= 15 is 0 Å². The van der Waals surface area contributed by atoms with Gasteiger partial charge in [-0.1, -0.05) is 44.5 Å². The van der Waals surface area contributed by atoms with Gasteiger partial charge in [0.1, 0.15) is 0 Å². The van der Waals surface area contributed by atoms with Gasteiger partial charge in [0.25, 0.3) is 0 Å². The quantitative estimate of drug-likeness (QED) is 0.813. The van der Waals surface area contributed by atoms with Crippen molar-refractivity contribution in [2.45, 2.75) is 39.2 Å². The van der Waals surface area contributed by atoms with Gasteiger partial charge in [-0.25, -0.2) is 0 Å².